The van der Waals surface area contributed by atoms with Gasteiger partial charge in [-0.15, -0.1) is 0 Å². The third-order valence-corrected chi connectivity index (χ3v) is 4.53. The first-order valence-corrected chi connectivity index (χ1v) is 8.18. The number of nitrogens with one attached hydrogen (secondary N) is 2. The standard InChI is InChI=1S/C18H25N5/c1-12(2)16(10-23-8-7-19-11-23)20-9-17-21-15-6-5-13(3)14(4)18(15)22-17/h5-8,11-12,16,20H,9-10H2,1-4H3,(H,21,22)/t16-/m0/s1. The van der Waals surface area contributed by atoms with Gasteiger partial charge in [-0.05, 0) is 37.0 Å². The quantitative estimate of drug-likeness (QED) is 0.735. The Morgan fingerprint density at radius 2 is 2.09 bits per heavy atom. The lowest BCUT2D eigenvalue weighted by Gasteiger charge is -2.22. The fraction of sp³-hybridized carbons (Fsp3) is 0.444. The summed E-state index contributed by atoms with van der Waals surface area (Å²) in [4.78, 5) is 12.3. The molecule has 0 spiro atoms. The van der Waals surface area contributed by atoms with Crippen LogP contribution in [0.5, 0.6) is 0 Å². The number of benzene rings is 1. The Morgan fingerprint density at radius 3 is 2.78 bits per heavy atom. The molecule has 0 fully saturated rings. The van der Waals surface area contributed by atoms with E-state index in [4.69, 9.17) is 4.98 Å². The first-order chi connectivity index (χ1) is 11.0. The molecule has 1 aromatic carbocycles. The molecule has 0 amide bonds. The van der Waals surface area contributed by atoms with Crippen molar-refractivity contribution in [1.29, 1.82) is 0 Å². The molecule has 0 saturated heterocycles. The van der Waals surface area contributed by atoms with E-state index in [-0.39, 0.29) is 0 Å². The molecule has 1 atom stereocenters. The summed E-state index contributed by atoms with van der Waals surface area (Å²) in [6.45, 7) is 10.4. The van der Waals surface area contributed by atoms with Crippen molar-refractivity contribution in [3.05, 3.63) is 47.8 Å². The number of aromatic nitrogens is 4. The number of aromatic amines is 1. The average Bonchev–Trinajstić information content (AvgIpc) is 3.16. The summed E-state index contributed by atoms with van der Waals surface area (Å²) in [7, 11) is 0. The molecule has 5 nitrogen and oxygen atoms in total. The van der Waals surface area contributed by atoms with Crippen LogP contribution in [0.25, 0.3) is 11.0 Å². The number of fused-ring (bicyclic) bond motifs is 1. The lowest BCUT2D eigenvalue weighted by molar-refractivity contribution is 0.351. The predicted molar refractivity (Wildman–Crippen MR) is 93.3 cm³/mol. The molecule has 3 rings (SSSR count). The minimum atomic E-state index is 0.375. The highest BCUT2D eigenvalue weighted by Gasteiger charge is 2.14. The molecular weight excluding hydrogens is 286 g/mol. The third kappa shape index (κ3) is 3.45. The van der Waals surface area contributed by atoms with Gasteiger partial charge in [0.05, 0.1) is 23.9 Å². The maximum absolute atomic E-state index is 4.76. The van der Waals surface area contributed by atoms with Crippen LogP contribution in [0.3, 0.4) is 0 Å². The Hall–Kier alpha value is -2.14. The smallest absolute Gasteiger partial charge is 0.121 e. The summed E-state index contributed by atoms with van der Waals surface area (Å²) in [6.07, 6.45) is 5.69. The molecule has 2 N–H and O–H groups in total. The Kier molecular flexibility index (Phi) is 4.48. The molecule has 0 saturated carbocycles. The van der Waals surface area contributed by atoms with Gasteiger partial charge in [0.15, 0.2) is 0 Å². The molecule has 0 aliphatic rings. The number of aryl methyl sites for hydroxylation is 2. The highest BCUT2D eigenvalue weighted by molar-refractivity contribution is 5.79. The number of imidazole rings is 2. The van der Waals surface area contributed by atoms with E-state index < -0.39 is 0 Å². The van der Waals surface area contributed by atoms with E-state index in [2.05, 4.69) is 59.7 Å². The molecule has 122 valence electrons. The molecule has 23 heavy (non-hydrogen) atoms. The molecule has 0 aliphatic heterocycles. The largest absolute Gasteiger partial charge is 0.341 e. The number of H-pyrrole nitrogens is 1. The second-order valence-electron chi connectivity index (χ2n) is 6.58. The van der Waals surface area contributed by atoms with E-state index in [9.17, 15) is 0 Å². The van der Waals surface area contributed by atoms with Crippen LogP contribution >= 0.6 is 0 Å². The zero-order valence-electron chi connectivity index (χ0n) is 14.3. The summed E-state index contributed by atoms with van der Waals surface area (Å²) in [5.41, 5.74) is 4.73. The molecular formula is C18H25N5. The van der Waals surface area contributed by atoms with Gasteiger partial charge in [0.25, 0.3) is 0 Å². The van der Waals surface area contributed by atoms with Crippen molar-refractivity contribution in [1.82, 2.24) is 24.8 Å². The molecule has 0 aliphatic carbocycles. The minimum Gasteiger partial charge on any atom is -0.341 e. The van der Waals surface area contributed by atoms with Crippen molar-refractivity contribution in [3.8, 4) is 0 Å². The van der Waals surface area contributed by atoms with Gasteiger partial charge in [-0.25, -0.2) is 9.97 Å². The molecule has 5 heteroatoms. The van der Waals surface area contributed by atoms with Crippen LogP contribution in [0.1, 0.15) is 30.8 Å². The Morgan fingerprint density at radius 1 is 1.26 bits per heavy atom. The van der Waals surface area contributed by atoms with Crippen molar-refractivity contribution in [3.63, 3.8) is 0 Å². The summed E-state index contributed by atoms with van der Waals surface area (Å²) in [6, 6.07) is 4.63. The Labute approximate surface area is 137 Å². The summed E-state index contributed by atoms with van der Waals surface area (Å²) in [5, 5.41) is 3.63. The van der Waals surface area contributed by atoms with E-state index in [0.717, 1.165) is 29.9 Å². The molecule has 3 aromatic rings. The molecule has 2 heterocycles. The highest BCUT2D eigenvalue weighted by atomic mass is 15.1. The van der Waals surface area contributed by atoms with Crippen LogP contribution < -0.4 is 5.32 Å². The van der Waals surface area contributed by atoms with Crippen molar-refractivity contribution >= 4 is 11.0 Å². The second-order valence-corrected chi connectivity index (χ2v) is 6.58. The van der Waals surface area contributed by atoms with Gasteiger partial charge >= 0.3 is 0 Å². The minimum absolute atomic E-state index is 0.375. The monoisotopic (exact) mass is 311 g/mol. The molecule has 0 radical (unpaired) electrons. The normalized spacial score (nSPS) is 13.1. The van der Waals surface area contributed by atoms with Crippen LogP contribution in [-0.4, -0.2) is 25.6 Å². The second kappa shape index (κ2) is 6.54. The lowest BCUT2D eigenvalue weighted by atomic mass is 10.0. The lowest BCUT2D eigenvalue weighted by Crippen LogP contribution is -2.37. The summed E-state index contributed by atoms with van der Waals surface area (Å²) in [5.74, 6) is 1.52. The maximum atomic E-state index is 4.76. The molecule has 0 unspecified atom stereocenters. The molecule has 0 bridgehead atoms. The van der Waals surface area contributed by atoms with Crippen LogP contribution in [0, 0.1) is 19.8 Å². The fourth-order valence-electron chi connectivity index (χ4n) is 2.81. The SMILES string of the molecule is Cc1ccc2[nH]c(CN[C@@H](Cn3ccnc3)C(C)C)nc2c1C. The number of hydrogen-bond acceptors (Lipinski definition) is 3. The predicted octanol–water partition coefficient (Wildman–Crippen LogP) is 3.19. The zero-order valence-corrected chi connectivity index (χ0v) is 14.3. The van der Waals surface area contributed by atoms with Crippen LogP contribution in [-0.2, 0) is 13.1 Å². The van der Waals surface area contributed by atoms with E-state index in [1.807, 2.05) is 18.7 Å². The highest BCUT2D eigenvalue weighted by Crippen LogP contribution is 2.19. The number of rotatable bonds is 6. The van der Waals surface area contributed by atoms with Gasteiger partial charge in [0, 0.05) is 25.0 Å². The number of hydrogen-bond donors (Lipinski definition) is 2. The Balaban J connectivity index is 1.72. The van der Waals surface area contributed by atoms with Gasteiger partial charge in [-0.1, -0.05) is 19.9 Å². The van der Waals surface area contributed by atoms with E-state index in [1.165, 1.54) is 11.1 Å². The Bertz CT molecular complexity index is 770. The van der Waals surface area contributed by atoms with Crippen molar-refractivity contribution in [2.45, 2.75) is 46.8 Å². The van der Waals surface area contributed by atoms with Gasteiger partial charge in [-0.2, -0.15) is 0 Å². The van der Waals surface area contributed by atoms with E-state index in [1.54, 1.807) is 0 Å². The fourth-order valence-corrected chi connectivity index (χ4v) is 2.81. The van der Waals surface area contributed by atoms with Crippen molar-refractivity contribution in [2.75, 3.05) is 0 Å². The van der Waals surface area contributed by atoms with Gasteiger partial charge < -0.3 is 14.9 Å². The maximum Gasteiger partial charge on any atom is 0.121 e. The first-order valence-electron chi connectivity index (χ1n) is 8.18. The van der Waals surface area contributed by atoms with Crippen LogP contribution in [0.15, 0.2) is 30.9 Å². The number of nitrogens with zero attached hydrogens (tertiary/aromatic N) is 3. The summed E-state index contributed by atoms with van der Waals surface area (Å²) >= 11 is 0. The third-order valence-electron chi connectivity index (χ3n) is 4.53. The topological polar surface area (TPSA) is 58.5 Å². The van der Waals surface area contributed by atoms with Crippen molar-refractivity contribution < 1.29 is 0 Å². The van der Waals surface area contributed by atoms with Gasteiger partial charge in [0.2, 0.25) is 0 Å². The van der Waals surface area contributed by atoms with Crippen molar-refractivity contribution in [2.24, 2.45) is 5.92 Å². The first kappa shape index (κ1) is 15.7. The van der Waals surface area contributed by atoms with E-state index >= 15 is 0 Å². The van der Waals surface area contributed by atoms with Crippen LogP contribution in [0.2, 0.25) is 0 Å². The average molecular weight is 311 g/mol. The van der Waals surface area contributed by atoms with Gasteiger partial charge in [-0.3, -0.25) is 0 Å². The summed E-state index contributed by atoms with van der Waals surface area (Å²) < 4.78 is 2.11. The zero-order chi connectivity index (χ0) is 16.4. The van der Waals surface area contributed by atoms with E-state index in [0.29, 0.717) is 12.0 Å². The van der Waals surface area contributed by atoms with Gasteiger partial charge in [0.1, 0.15) is 5.82 Å². The van der Waals surface area contributed by atoms with Crippen LogP contribution in [0.4, 0.5) is 0 Å². The molecule has 2 aromatic heterocycles.